The molecule has 1 heterocycles. The van der Waals surface area contributed by atoms with Crippen LogP contribution in [-0.4, -0.2) is 18.0 Å². The van der Waals surface area contributed by atoms with Crippen molar-refractivity contribution in [1.29, 1.82) is 0 Å². The molecule has 5 heteroatoms. The van der Waals surface area contributed by atoms with Crippen molar-refractivity contribution in [2.45, 2.75) is 0 Å². The third-order valence-electron chi connectivity index (χ3n) is 2.20. The Morgan fingerprint density at radius 3 is 2.88 bits per heavy atom. The molecule has 2 amide bonds. The van der Waals surface area contributed by atoms with Gasteiger partial charge < -0.3 is 5.32 Å². The zero-order chi connectivity index (χ0) is 12.3. The minimum atomic E-state index is -0.481. The van der Waals surface area contributed by atoms with Crippen LogP contribution in [0.4, 0.5) is 5.69 Å². The second-order valence-electron chi connectivity index (χ2n) is 3.50. The van der Waals surface area contributed by atoms with Crippen molar-refractivity contribution in [2.75, 3.05) is 5.32 Å². The van der Waals surface area contributed by atoms with Gasteiger partial charge in [0, 0.05) is 21.5 Å². The number of anilines is 1. The number of carbonyl (C=O) groups excluding carboxylic acids is 2. The standard InChI is InChI=1S/C12H9IN2O2/c13-9-2-1-3-10(6-9)15-12(17)8-4-5-11(16)14-7-8/h1-8H,(H,15,17). The van der Waals surface area contributed by atoms with Gasteiger partial charge in [-0.15, -0.1) is 0 Å². The summed E-state index contributed by atoms with van der Waals surface area (Å²) < 4.78 is 1.04. The molecule has 2 rings (SSSR count). The number of aliphatic imine (C=N–C) groups is 1. The Hall–Kier alpha value is -1.50. The number of nitrogens with zero attached hydrogens (tertiary/aromatic N) is 1. The SMILES string of the molecule is O=C1C=CC(C(=O)Nc2cccc(I)c2)C=N1. The van der Waals surface area contributed by atoms with Crippen molar-refractivity contribution in [3.8, 4) is 0 Å². The zero-order valence-corrected chi connectivity index (χ0v) is 10.9. The lowest BCUT2D eigenvalue weighted by Crippen LogP contribution is -2.24. The number of hydrogen-bond acceptors (Lipinski definition) is 2. The van der Waals surface area contributed by atoms with Gasteiger partial charge in [0.05, 0.1) is 5.92 Å². The minimum Gasteiger partial charge on any atom is -0.325 e. The lowest BCUT2D eigenvalue weighted by atomic mass is 10.1. The van der Waals surface area contributed by atoms with Crippen LogP contribution in [0.15, 0.2) is 41.4 Å². The van der Waals surface area contributed by atoms with E-state index in [1.54, 1.807) is 6.08 Å². The van der Waals surface area contributed by atoms with Gasteiger partial charge in [0.25, 0.3) is 5.91 Å². The summed E-state index contributed by atoms with van der Waals surface area (Å²) in [6.45, 7) is 0. The van der Waals surface area contributed by atoms with E-state index in [4.69, 9.17) is 0 Å². The lowest BCUT2D eigenvalue weighted by molar-refractivity contribution is -0.117. The van der Waals surface area contributed by atoms with Gasteiger partial charge in [-0.3, -0.25) is 9.59 Å². The summed E-state index contributed by atoms with van der Waals surface area (Å²) in [6, 6.07) is 7.49. The number of rotatable bonds is 2. The van der Waals surface area contributed by atoms with Crippen LogP contribution in [0.1, 0.15) is 0 Å². The molecule has 17 heavy (non-hydrogen) atoms. The van der Waals surface area contributed by atoms with Crippen LogP contribution in [0.5, 0.6) is 0 Å². The van der Waals surface area contributed by atoms with Gasteiger partial charge in [0.2, 0.25) is 5.91 Å². The molecule has 0 aromatic heterocycles. The molecular weight excluding hydrogens is 331 g/mol. The Morgan fingerprint density at radius 2 is 2.24 bits per heavy atom. The summed E-state index contributed by atoms with van der Waals surface area (Å²) in [4.78, 5) is 26.2. The summed E-state index contributed by atoms with van der Waals surface area (Å²) >= 11 is 2.17. The van der Waals surface area contributed by atoms with E-state index in [1.807, 2.05) is 24.3 Å². The predicted molar refractivity (Wildman–Crippen MR) is 73.9 cm³/mol. The van der Waals surface area contributed by atoms with E-state index in [9.17, 15) is 9.59 Å². The van der Waals surface area contributed by atoms with Crippen LogP contribution in [0, 0.1) is 9.49 Å². The molecule has 0 spiro atoms. The van der Waals surface area contributed by atoms with Crippen LogP contribution in [0.25, 0.3) is 0 Å². The average molecular weight is 340 g/mol. The van der Waals surface area contributed by atoms with Crippen molar-refractivity contribution in [3.05, 3.63) is 40.0 Å². The summed E-state index contributed by atoms with van der Waals surface area (Å²) in [6.07, 6.45) is 4.20. The van der Waals surface area contributed by atoms with Crippen LogP contribution >= 0.6 is 22.6 Å². The van der Waals surface area contributed by atoms with Crippen LogP contribution in [0.3, 0.4) is 0 Å². The zero-order valence-electron chi connectivity index (χ0n) is 8.76. The number of amides is 2. The molecule has 0 bridgehead atoms. The van der Waals surface area contributed by atoms with Gasteiger partial charge in [0.1, 0.15) is 0 Å². The van der Waals surface area contributed by atoms with Crippen molar-refractivity contribution >= 4 is 46.3 Å². The fourth-order valence-electron chi connectivity index (χ4n) is 1.38. The molecule has 1 aromatic carbocycles. The first-order valence-corrected chi connectivity index (χ1v) is 6.06. The van der Waals surface area contributed by atoms with E-state index in [0.717, 1.165) is 9.26 Å². The highest BCUT2D eigenvalue weighted by molar-refractivity contribution is 14.1. The van der Waals surface area contributed by atoms with Crippen molar-refractivity contribution < 1.29 is 9.59 Å². The summed E-state index contributed by atoms with van der Waals surface area (Å²) in [7, 11) is 0. The minimum absolute atomic E-state index is 0.195. The number of dihydropyridines is 1. The fourth-order valence-corrected chi connectivity index (χ4v) is 1.92. The summed E-state index contributed by atoms with van der Waals surface area (Å²) in [5.74, 6) is -1.01. The van der Waals surface area contributed by atoms with E-state index in [2.05, 4.69) is 32.9 Å². The highest BCUT2D eigenvalue weighted by Gasteiger charge is 2.16. The topological polar surface area (TPSA) is 58.5 Å². The van der Waals surface area contributed by atoms with E-state index in [-0.39, 0.29) is 11.8 Å². The van der Waals surface area contributed by atoms with Gasteiger partial charge in [-0.25, -0.2) is 4.99 Å². The normalized spacial score (nSPS) is 18.2. The van der Waals surface area contributed by atoms with Crippen LogP contribution < -0.4 is 5.32 Å². The Balaban J connectivity index is 2.05. The second kappa shape index (κ2) is 5.22. The van der Waals surface area contributed by atoms with E-state index < -0.39 is 5.92 Å². The van der Waals surface area contributed by atoms with Gasteiger partial charge in [0.15, 0.2) is 0 Å². The fraction of sp³-hybridized carbons (Fsp3) is 0.0833. The maximum Gasteiger partial charge on any atom is 0.269 e. The number of carbonyl (C=O) groups is 2. The summed E-state index contributed by atoms with van der Waals surface area (Å²) in [5, 5.41) is 2.77. The molecule has 1 N–H and O–H groups in total. The van der Waals surface area contributed by atoms with Crippen LogP contribution in [0.2, 0.25) is 0 Å². The average Bonchev–Trinajstić information content (AvgIpc) is 2.29. The molecule has 86 valence electrons. The first-order valence-electron chi connectivity index (χ1n) is 4.98. The number of benzene rings is 1. The number of halogens is 1. The van der Waals surface area contributed by atoms with Gasteiger partial charge >= 0.3 is 0 Å². The van der Waals surface area contributed by atoms with Crippen molar-refractivity contribution in [3.63, 3.8) is 0 Å². The Bertz CT molecular complexity index is 507. The molecule has 0 aliphatic carbocycles. The Labute approximate surface area is 112 Å². The Morgan fingerprint density at radius 1 is 1.41 bits per heavy atom. The molecule has 1 unspecified atom stereocenters. The smallest absolute Gasteiger partial charge is 0.269 e. The van der Waals surface area contributed by atoms with E-state index in [0.29, 0.717) is 0 Å². The molecule has 1 aromatic rings. The van der Waals surface area contributed by atoms with Crippen molar-refractivity contribution in [2.24, 2.45) is 10.9 Å². The van der Waals surface area contributed by atoms with Gasteiger partial charge in [-0.05, 0) is 40.8 Å². The quantitative estimate of drug-likeness (QED) is 0.838. The van der Waals surface area contributed by atoms with Gasteiger partial charge in [-0.1, -0.05) is 12.1 Å². The molecule has 0 saturated heterocycles. The maximum absolute atomic E-state index is 11.8. The maximum atomic E-state index is 11.8. The largest absolute Gasteiger partial charge is 0.325 e. The number of nitrogens with one attached hydrogen (secondary N) is 1. The molecular formula is C12H9IN2O2. The second-order valence-corrected chi connectivity index (χ2v) is 4.75. The van der Waals surface area contributed by atoms with Crippen LogP contribution in [-0.2, 0) is 9.59 Å². The molecule has 1 atom stereocenters. The van der Waals surface area contributed by atoms with Crippen molar-refractivity contribution in [1.82, 2.24) is 0 Å². The molecule has 1 aliphatic rings. The Kier molecular flexibility index (Phi) is 3.68. The first kappa shape index (κ1) is 12.0. The lowest BCUT2D eigenvalue weighted by Gasteiger charge is -2.10. The molecule has 0 saturated carbocycles. The molecule has 0 fully saturated rings. The highest BCUT2D eigenvalue weighted by atomic mass is 127. The summed E-state index contributed by atoms with van der Waals surface area (Å²) in [5.41, 5.74) is 0.737. The molecule has 4 nitrogen and oxygen atoms in total. The van der Waals surface area contributed by atoms with E-state index in [1.165, 1.54) is 12.3 Å². The van der Waals surface area contributed by atoms with E-state index >= 15 is 0 Å². The number of hydrogen-bond donors (Lipinski definition) is 1. The highest BCUT2D eigenvalue weighted by Crippen LogP contribution is 2.14. The predicted octanol–water partition coefficient (Wildman–Crippen LogP) is 2.01. The molecule has 0 radical (unpaired) electrons. The monoisotopic (exact) mass is 340 g/mol. The molecule has 1 aliphatic heterocycles. The third kappa shape index (κ3) is 3.23. The first-order chi connectivity index (χ1) is 8.15. The van der Waals surface area contributed by atoms with Gasteiger partial charge in [-0.2, -0.15) is 0 Å². The third-order valence-corrected chi connectivity index (χ3v) is 2.87.